The highest BCUT2D eigenvalue weighted by Gasteiger charge is 2.38. The van der Waals surface area contributed by atoms with Crippen molar-refractivity contribution in [1.29, 1.82) is 0 Å². The largest absolute Gasteiger partial charge is 0.397 e. The molecule has 3 aliphatic carbocycles. The van der Waals surface area contributed by atoms with Gasteiger partial charge in [-0.2, -0.15) is 0 Å². The van der Waals surface area contributed by atoms with Gasteiger partial charge in [-0.15, -0.1) is 0 Å². The Kier molecular flexibility index (Phi) is 2.41. The van der Waals surface area contributed by atoms with Crippen LogP contribution in [0.15, 0.2) is 12.3 Å². The van der Waals surface area contributed by atoms with Crippen LogP contribution in [0, 0.1) is 5.92 Å². The van der Waals surface area contributed by atoms with Crippen LogP contribution in [0.1, 0.15) is 55.1 Å². The van der Waals surface area contributed by atoms with E-state index in [1.165, 1.54) is 38.5 Å². The first-order chi connectivity index (χ1) is 9.22. The lowest BCUT2D eigenvalue weighted by Gasteiger charge is -2.23. The van der Waals surface area contributed by atoms with Gasteiger partial charge in [0.25, 0.3) is 5.91 Å². The van der Waals surface area contributed by atoms with E-state index in [0.29, 0.717) is 12.1 Å². The van der Waals surface area contributed by atoms with Crippen LogP contribution in [-0.2, 0) is 0 Å². The van der Waals surface area contributed by atoms with Crippen molar-refractivity contribution in [3.05, 3.63) is 18.0 Å². The van der Waals surface area contributed by atoms with Crippen molar-refractivity contribution in [1.82, 2.24) is 9.47 Å². The summed E-state index contributed by atoms with van der Waals surface area (Å²) >= 11 is 0. The van der Waals surface area contributed by atoms with Crippen LogP contribution in [0.5, 0.6) is 0 Å². The first kappa shape index (κ1) is 11.4. The molecule has 0 spiro atoms. The van der Waals surface area contributed by atoms with Crippen LogP contribution in [0.25, 0.3) is 0 Å². The predicted octanol–water partition coefficient (Wildman–Crippen LogP) is 2.42. The zero-order valence-electron chi connectivity index (χ0n) is 11.2. The maximum atomic E-state index is 12.8. The molecule has 0 bridgehead atoms. The lowest BCUT2D eigenvalue weighted by atomic mass is 10.3. The van der Waals surface area contributed by atoms with Gasteiger partial charge in [0.05, 0.1) is 5.69 Å². The second-order valence-corrected chi connectivity index (χ2v) is 6.43. The first-order valence-electron chi connectivity index (χ1n) is 7.50. The van der Waals surface area contributed by atoms with Crippen molar-refractivity contribution in [2.75, 3.05) is 12.3 Å². The summed E-state index contributed by atoms with van der Waals surface area (Å²) < 4.78 is 2.11. The second-order valence-electron chi connectivity index (χ2n) is 6.43. The Morgan fingerprint density at radius 2 is 2.00 bits per heavy atom. The number of anilines is 1. The van der Waals surface area contributed by atoms with Crippen LogP contribution >= 0.6 is 0 Å². The lowest BCUT2D eigenvalue weighted by molar-refractivity contribution is 0.0723. The number of rotatable bonds is 5. The maximum Gasteiger partial charge on any atom is 0.270 e. The Labute approximate surface area is 113 Å². The smallest absolute Gasteiger partial charge is 0.270 e. The Bertz CT molecular complexity index is 509. The number of amides is 1. The number of nitrogens with two attached hydrogens (primary N) is 1. The van der Waals surface area contributed by atoms with Gasteiger partial charge in [-0.05, 0) is 50.5 Å². The van der Waals surface area contributed by atoms with Crippen LogP contribution in [0.4, 0.5) is 5.69 Å². The molecule has 2 N–H and O–H groups in total. The van der Waals surface area contributed by atoms with Crippen molar-refractivity contribution in [3.8, 4) is 0 Å². The number of hydrogen-bond acceptors (Lipinski definition) is 2. The molecule has 1 aromatic rings. The van der Waals surface area contributed by atoms with E-state index in [4.69, 9.17) is 5.73 Å². The number of nitrogen functional groups attached to an aromatic ring is 1. The summed E-state index contributed by atoms with van der Waals surface area (Å²) in [6, 6.07) is 2.87. The lowest BCUT2D eigenvalue weighted by Crippen LogP contribution is -2.36. The Balaban J connectivity index is 1.60. The topological polar surface area (TPSA) is 51.3 Å². The molecule has 0 aromatic carbocycles. The van der Waals surface area contributed by atoms with E-state index in [1.54, 1.807) is 0 Å². The quantitative estimate of drug-likeness (QED) is 0.883. The Morgan fingerprint density at radius 3 is 2.58 bits per heavy atom. The Hall–Kier alpha value is -1.45. The maximum absolute atomic E-state index is 12.8. The predicted molar refractivity (Wildman–Crippen MR) is 73.9 cm³/mol. The van der Waals surface area contributed by atoms with Crippen LogP contribution in [-0.4, -0.2) is 28.0 Å². The standard InChI is InChI=1S/C15H21N3O/c16-11-7-14(17(9-11)12-3-4-12)15(19)18(13-5-6-13)8-10-1-2-10/h7,9-10,12-13H,1-6,8,16H2. The molecule has 102 valence electrons. The summed E-state index contributed by atoms with van der Waals surface area (Å²) in [4.78, 5) is 14.9. The van der Waals surface area contributed by atoms with E-state index in [0.717, 1.165) is 23.8 Å². The number of carbonyl (C=O) groups excluding carboxylic acids is 1. The highest BCUT2D eigenvalue weighted by atomic mass is 16.2. The van der Waals surface area contributed by atoms with Gasteiger partial charge < -0.3 is 15.2 Å². The fraction of sp³-hybridized carbons (Fsp3) is 0.667. The molecule has 0 saturated heterocycles. The number of nitrogens with zero attached hydrogens (tertiary/aromatic N) is 2. The third kappa shape index (κ3) is 2.24. The Morgan fingerprint density at radius 1 is 1.26 bits per heavy atom. The zero-order chi connectivity index (χ0) is 13.0. The molecule has 1 aromatic heterocycles. The van der Waals surface area contributed by atoms with Gasteiger partial charge >= 0.3 is 0 Å². The summed E-state index contributed by atoms with van der Waals surface area (Å²) in [5.41, 5.74) is 7.43. The minimum absolute atomic E-state index is 0.206. The van der Waals surface area contributed by atoms with E-state index in [-0.39, 0.29) is 5.91 Å². The molecule has 3 saturated carbocycles. The van der Waals surface area contributed by atoms with Gasteiger partial charge in [0.1, 0.15) is 5.69 Å². The van der Waals surface area contributed by atoms with Gasteiger partial charge in [-0.25, -0.2) is 0 Å². The highest BCUT2D eigenvalue weighted by molar-refractivity contribution is 5.94. The molecule has 4 rings (SSSR count). The first-order valence-corrected chi connectivity index (χ1v) is 7.50. The molecule has 4 nitrogen and oxygen atoms in total. The minimum Gasteiger partial charge on any atom is -0.397 e. The fourth-order valence-corrected chi connectivity index (χ4v) is 2.84. The van der Waals surface area contributed by atoms with Crippen LogP contribution in [0.2, 0.25) is 0 Å². The molecule has 0 radical (unpaired) electrons. The third-order valence-electron chi connectivity index (χ3n) is 4.43. The summed E-state index contributed by atoms with van der Waals surface area (Å²) in [6.07, 6.45) is 9.24. The molecule has 19 heavy (non-hydrogen) atoms. The second kappa shape index (κ2) is 4.02. The average Bonchev–Trinajstić information content (AvgIpc) is 3.25. The molecule has 1 amide bonds. The van der Waals surface area contributed by atoms with Gasteiger partial charge in [0.2, 0.25) is 0 Å². The number of carbonyl (C=O) groups is 1. The molecule has 0 unspecified atom stereocenters. The van der Waals surface area contributed by atoms with Crippen LogP contribution in [0.3, 0.4) is 0 Å². The third-order valence-corrected chi connectivity index (χ3v) is 4.43. The van der Waals surface area contributed by atoms with Crippen molar-refractivity contribution in [3.63, 3.8) is 0 Å². The molecule has 0 atom stereocenters. The number of hydrogen-bond donors (Lipinski definition) is 1. The SMILES string of the molecule is Nc1cc(C(=O)N(CC2CC2)C2CC2)n(C2CC2)c1. The van der Waals surface area contributed by atoms with Gasteiger partial charge in [0, 0.05) is 24.8 Å². The fourth-order valence-electron chi connectivity index (χ4n) is 2.84. The average molecular weight is 259 g/mol. The molecule has 4 heteroatoms. The van der Waals surface area contributed by atoms with E-state index in [1.807, 2.05) is 12.3 Å². The van der Waals surface area contributed by atoms with Crippen molar-refractivity contribution >= 4 is 11.6 Å². The minimum atomic E-state index is 0.206. The summed E-state index contributed by atoms with van der Waals surface area (Å²) in [5, 5.41) is 0. The molecule has 3 fully saturated rings. The molecule has 0 aliphatic heterocycles. The monoisotopic (exact) mass is 259 g/mol. The van der Waals surface area contributed by atoms with Crippen LogP contribution < -0.4 is 5.73 Å². The van der Waals surface area contributed by atoms with Crippen molar-refractivity contribution < 1.29 is 4.79 Å². The van der Waals surface area contributed by atoms with E-state index < -0.39 is 0 Å². The van der Waals surface area contributed by atoms with E-state index >= 15 is 0 Å². The molecular weight excluding hydrogens is 238 g/mol. The summed E-state index contributed by atoms with van der Waals surface area (Å²) in [5.74, 6) is 0.962. The van der Waals surface area contributed by atoms with Gasteiger partial charge in [-0.1, -0.05) is 0 Å². The summed E-state index contributed by atoms with van der Waals surface area (Å²) in [7, 11) is 0. The normalized spacial score (nSPS) is 22.5. The molecule has 3 aliphatic rings. The van der Waals surface area contributed by atoms with E-state index in [2.05, 4.69) is 9.47 Å². The number of aromatic nitrogens is 1. The van der Waals surface area contributed by atoms with Gasteiger partial charge in [-0.3, -0.25) is 4.79 Å². The van der Waals surface area contributed by atoms with Gasteiger partial charge in [0.15, 0.2) is 0 Å². The van der Waals surface area contributed by atoms with E-state index in [9.17, 15) is 4.79 Å². The highest BCUT2D eigenvalue weighted by Crippen LogP contribution is 2.39. The van der Waals surface area contributed by atoms with Crippen molar-refractivity contribution in [2.24, 2.45) is 5.92 Å². The molecular formula is C15H21N3O. The zero-order valence-corrected chi connectivity index (χ0v) is 11.2. The van der Waals surface area contributed by atoms with Crippen molar-refractivity contribution in [2.45, 2.75) is 50.6 Å². The summed E-state index contributed by atoms with van der Waals surface area (Å²) in [6.45, 7) is 0.958. The molecule has 1 heterocycles.